The minimum Gasteiger partial charge on any atom is -0.325 e. The van der Waals surface area contributed by atoms with Crippen LogP contribution in [0.3, 0.4) is 0 Å². The maximum Gasteiger partial charge on any atom is 0.255 e. The van der Waals surface area contributed by atoms with Gasteiger partial charge >= 0.3 is 0 Å². The fraction of sp³-hybridized carbons (Fsp3) is 0.450. The molecule has 10 heteroatoms. The molecule has 2 fully saturated rings. The standard InChI is InChI=1S/C20H23N7O3/c21-6-13-8-27(24-23-13)14-9-25(10-14)7-12-2-1-3-15-16(12)11-26(20(15)30)17-4-5-18(28)22-19(17)29/h1-3,8,14,17H,4-7,9-11,21H2,(H,22,28,29). The average Bonchev–Trinajstić information content (AvgIpc) is 3.30. The quantitative estimate of drug-likeness (QED) is 0.641. The van der Waals surface area contributed by atoms with Gasteiger partial charge in [0.25, 0.3) is 5.91 Å². The predicted molar refractivity (Wildman–Crippen MR) is 105 cm³/mol. The minimum atomic E-state index is -0.590. The van der Waals surface area contributed by atoms with E-state index in [0.717, 1.165) is 36.5 Å². The molecule has 10 nitrogen and oxygen atoms in total. The van der Waals surface area contributed by atoms with Crippen molar-refractivity contribution in [3.63, 3.8) is 0 Å². The largest absolute Gasteiger partial charge is 0.325 e. The Balaban J connectivity index is 1.27. The molecule has 1 atom stereocenters. The van der Waals surface area contributed by atoms with Crippen molar-refractivity contribution in [2.24, 2.45) is 5.73 Å². The maximum absolute atomic E-state index is 12.9. The van der Waals surface area contributed by atoms with Gasteiger partial charge in [-0.3, -0.25) is 24.6 Å². The summed E-state index contributed by atoms with van der Waals surface area (Å²) in [6.45, 7) is 3.21. The number of fused-ring (bicyclic) bond motifs is 1. The molecule has 3 aliphatic rings. The van der Waals surface area contributed by atoms with Gasteiger partial charge in [0.1, 0.15) is 6.04 Å². The van der Waals surface area contributed by atoms with Crippen LogP contribution in [0.5, 0.6) is 0 Å². The summed E-state index contributed by atoms with van der Waals surface area (Å²) in [5, 5.41) is 10.5. The lowest BCUT2D eigenvalue weighted by molar-refractivity contribution is -0.136. The van der Waals surface area contributed by atoms with E-state index >= 15 is 0 Å². The van der Waals surface area contributed by atoms with E-state index in [0.29, 0.717) is 25.1 Å². The van der Waals surface area contributed by atoms with Gasteiger partial charge in [-0.05, 0) is 23.6 Å². The minimum absolute atomic E-state index is 0.139. The first-order chi connectivity index (χ1) is 14.5. The topological polar surface area (TPSA) is 126 Å². The zero-order chi connectivity index (χ0) is 20.8. The van der Waals surface area contributed by atoms with Crippen molar-refractivity contribution in [2.45, 2.75) is 44.6 Å². The molecule has 3 N–H and O–H groups in total. The number of nitrogens with one attached hydrogen (secondary N) is 1. The van der Waals surface area contributed by atoms with Gasteiger partial charge in [-0.25, -0.2) is 4.68 Å². The normalized spacial score (nSPS) is 22.2. The molecule has 2 saturated heterocycles. The Morgan fingerprint density at radius 2 is 2.03 bits per heavy atom. The Kier molecular flexibility index (Phi) is 4.59. The smallest absolute Gasteiger partial charge is 0.255 e. The number of rotatable bonds is 5. The molecular formula is C20H23N7O3. The summed E-state index contributed by atoms with van der Waals surface area (Å²) in [6.07, 6.45) is 2.52. The lowest BCUT2D eigenvalue weighted by Gasteiger charge is -2.39. The molecule has 30 heavy (non-hydrogen) atoms. The number of carbonyl (C=O) groups is 3. The molecule has 3 aliphatic heterocycles. The highest BCUT2D eigenvalue weighted by Gasteiger charge is 2.40. The number of nitrogens with two attached hydrogens (primary N) is 1. The zero-order valence-electron chi connectivity index (χ0n) is 16.5. The number of benzene rings is 1. The maximum atomic E-state index is 12.9. The molecule has 1 aromatic carbocycles. The third-order valence-corrected chi connectivity index (χ3v) is 6.15. The molecule has 0 aliphatic carbocycles. The van der Waals surface area contributed by atoms with Crippen LogP contribution in [-0.4, -0.2) is 61.6 Å². The fourth-order valence-corrected chi connectivity index (χ4v) is 4.46. The van der Waals surface area contributed by atoms with Crippen LogP contribution in [0.4, 0.5) is 0 Å². The second-order valence-corrected chi connectivity index (χ2v) is 8.09. The first-order valence-corrected chi connectivity index (χ1v) is 10.1. The van der Waals surface area contributed by atoms with Gasteiger partial charge in [0.15, 0.2) is 0 Å². The van der Waals surface area contributed by atoms with E-state index in [9.17, 15) is 14.4 Å². The van der Waals surface area contributed by atoms with Crippen LogP contribution in [0.2, 0.25) is 0 Å². The number of amides is 3. The molecule has 3 amide bonds. The number of aromatic nitrogens is 3. The highest BCUT2D eigenvalue weighted by Crippen LogP contribution is 2.32. The van der Waals surface area contributed by atoms with Crippen molar-refractivity contribution in [3.8, 4) is 0 Å². The van der Waals surface area contributed by atoms with Crippen LogP contribution in [-0.2, 0) is 29.2 Å². The van der Waals surface area contributed by atoms with Crippen LogP contribution in [0, 0.1) is 0 Å². The molecule has 1 aromatic heterocycles. The Morgan fingerprint density at radius 1 is 1.20 bits per heavy atom. The first-order valence-electron chi connectivity index (χ1n) is 10.1. The van der Waals surface area contributed by atoms with Crippen molar-refractivity contribution in [2.75, 3.05) is 13.1 Å². The van der Waals surface area contributed by atoms with Crippen molar-refractivity contribution in [3.05, 3.63) is 46.8 Å². The van der Waals surface area contributed by atoms with Gasteiger partial charge < -0.3 is 10.6 Å². The molecule has 5 rings (SSSR count). The summed E-state index contributed by atoms with van der Waals surface area (Å²) >= 11 is 0. The molecule has 4 heterocycles. The summed E-state index contributed by atoms with van der Waals surface area (Å²) in [7, 11) is 0. The molecule has 0 saturated carbocycles. The third-order valence-electron chi connectivity index (χ3n) is 6.15. The Labute approximate surface area is 173 Å². The van der Waals surface area contributed by atoms with E-state index in [2.05, 4.69) is 20.5 Å². The Morgan fingerprint density at radius 3 is 2.77 bits per heavy atom. The molecule has 156 valence electrons. The first kappa shape index (κ1) is 18.9. The number of likely N-dealkylation sites (tertiary alicyclic amines) is 1. The summed E-state index contributed by atoms with van der Waals surface area (Å²) < 4.78 is 1.86. The van der Waals surface area contributed by atoms with Crippen LogP contribution in [0.15, 0.2) is 24.4 Å². The van der Waals surface area contributed by atoms with Crippen LogP contribution in [0.1, 0.15) is 46.1 Å². The number of imide groups is 1. The van der Waals surface area contributed by atoms with Gasteiger partial charge in [0, 0.05) is 44.7 Å². The lowest BCUT2D eigenvalue weighted by Crippen LogP contribution is -2.52. The second-order valence-electron chi connectivity index (χ2n) is 8.09. The number of nitrogens with zero attached hydrogens (tertiary/aromatic N) is 5. The molecule has 0 radical (unpaired) electrons. The summed E-state index contributed by atoms with van der Waals surface area (Å²) in [5.41, 5.74) is 9.09. The van der Waals surface area contributed by atoms with Crippen LogP contribution in [0.25, 0.3) is 0 Å². The Hall–Kier alpha value is -3.11. The van der Waals surface area contributed by atoms with E-state index in [4.69, 9.17) is 5.73 Å². The van der Waals surface area contributed by atoms with E-state index in [-0.39, 0.29) is 30.2 Å². The SMILES string of the molecule is NCc1cn(C2CN(Cc3cccc4c3CN(C3CCC(=O)NC3=O)C4=O)C2)nn1. The monoisotopic (exact) mass is 409 g/mol. The summed E-state index contributed by atoms with van der Waals surface area (Å²) in [6, 6.07) is 5.43. The second kappa shape index (κ2) is 7.29. The molecule has 0 bridgehead atoms. The number of hydrogen-bond acceptors (Lipinski definition) is 7. The summed E-state index contributed by atoms with van der Waals surface area (Å²) in [5.74, 6) is -0.802. The molecule has 2 aromatic rings. The lowest BCUT2D eigenvalue weighted by atomic mass is 10.0. The molecular weight excluding hydrogens is 386 g/mol. The zero-order valence-corrected chi connectivity index (χ0v) is 16.5. The fourth-order valence-electron chi connectivity index (χ4n) is 4.46. The van der Waals surface area contributed by atoms with Gasteiger partial charge in [0.2, 0.25) is 11.8 Å². The van der Waals surface area contributed by atoms with Gasteiger partial charge in [0.05, 0.1) is 17.9 Å². The average molecular weight is 409 g/mol. The number of hydrogen-bond donors (Lipinski definition) is 2. The highest BCUT2D eigenvalue weighted by molar-refractivity contribution is 6.05. The Bertz CT molecular complexity index is 1030. The van der Waals surface area contributed by atoms with E-state index < -0.39 is 6.04 Å². The van der Waals surface area contributed by atoms with Crippen LogP contribution >= 0.6 is 0 Å². The predicted octanol–water partition coefficient (Wildman–Crippen LogP) is -0.445. The molecule has 1 unspecified atom stereocenters. The van der Waals surface area contributed by atoms with E-state index in [1.807, 2.05) is 29.1 Å². The highest BCUT2D eigenvalue weighted by atomic mass is 16.2. The van der Waals surface area contributed by atoms with Gasteiger partial charge in [-0.2, -0.15) is 0 Å². The van der Waals surface area contributed by atoms with Crippen molar-refractivity contribution in [1.29, 1.82) is 0 Å². The van der Waals surface area contributed by atoms with Crippen molar-refractivity contribution < 1.29 is 14.4 Å². The van der Waals surface area contributed by atoms with Gasteiger partial charge in [-0.15, -0.1) is 5.10 Å². The van der Waals surface area contributed by atoms with Crippen molar-refractivity contribution >= 4 is 17.7 Å². The van der Waals surface area contributed by atoms with E-state index in [1.165, 1.54) is 0 Å². The third kappa shape index (κ3) is 3.17. The number of piperidine rings is 1. The van der Waals surface area contributed by atoms with E-state index in [1.54, 1.807) is 4.90 Å². The van der Waals surface area contributed by atoms with Crippen molar-refractivity contribution in [1.82, 2.24) is 30.1 Å². The van der Waals surface area contributed by atoms with Gasteiger partial charge in [-0.1, -0.05) is 17.3 Å². The number of carbonyl (C=O) groups excluding carboxylic acids is 3. The molecule has 0 spiro atoms. The van der Waals surface area contributed by atoms with Crippen LogP contribution < -0.4 is 11.1 Å². The summed E-state index contributed by atoms with van der Waals surface area (Å²) in [4.78, 5) is 40.5.